The van der Waals surface area contributed by atoms with E-state index in [1.165, 1.54) is 0 Å². The third-order valence-electron chi connectivity index (χ3n) is 0.783. The first-order valence-electron chi connectivity index (χ1n) is 2.43. The molecular formula is C5Li2O7. The second-order valence-electron chi connectivity index (χ2n) is 1.56. The van der Waals surface area contributed by atoms with E-state index in [-0.39, 0.29) is 37.7 Å². The van der Waals surface area contributed by atoms with Crippen molar-refractivity contribution in [3.63, 3.8) is 0 Å². The SMILES string of the molecule is O=C([O-])C(=O)C(=O)C(=O)C(=O)[O-].[Li+].[Li+]. The van der Waals surface area contributed by atoms with E-state index in [9.17, 15) is 34.2 Å². The van der Waals surface area contributed by atoms with Crippen LogP contribution in [0.15, 0.2) is 0 Å². The molecule has 7 nitrogen and oxygen atoms in total. The number of ketones is 3. The molecule has 64 valence electrons. The molecule has 0 saturated heterocycles. The van der Waals surface area contributed by atoms with E-state index < -0.39 is 29.3 Å². The first kappa shape index (κ1) is 18.8. The van der Waals surface area contributed by atoms with Gasteiger partial charge < -0.3 is 19.8 Å². The van der Waals surface area contributed by atoms with Crippen molar-refractivity contribution in [2.75, 3.05) is 0 Å². The number of hydrogen-bond acceptors (Lipinski definition) is 7. The first-order chi connectivity index (χ1) is 5.37. The molecule has 0 atom stereocenters. The zero-order chi connectivity index (χ0) is 9.89. The summed E-state index contributed by atoms with van der Waals surface area (Å²) in [6.45, 7) is 0. The Balaban J connectivity index is -0.000000605. The number of carbonyl (C=O) groups is 5. The van der Waals surface area contributed by atoms with Crippen LogP contribution in [0, 0.1) is 0 Å². The van der Waals surface area contributed by atoms with Gasteiger partial charge in [-0.15, -0.1) is 0 Å². The fourth-order valence-electron chi connectivity index (χ4n) is 0.289. The second kappa shape index (κ2) is 7.54. The summed E-state index contributed by atoms with van der Waals surface area (Å²) in [7, 11) is 0. The van der Waals surface area contributed by atoms with Gasteiger partial charge in [0.05, 0.1) is 0 Å². The summed E-state index contributed by atoms with van der Waals surface area (Å²) >= 11 is 0. The van der Waals surface area contributed by atoms with Crippen molar-refractivity contribution in [2.24, 2.45) is 0 Å². The second-order valence-corrected chi connectivity index (χ2v) is 1.56. The summed E-state index contributed by atoms with van der Waals surface area (Å²) in [6.07, 6.45) is 0. The summed E-state index contributed by atoms with van der Waals surface area (Å²) in [5.74, 6) is -11.5. The number of aliphatic carboxylic acids is 2. The largest absolute Gasteiger partial charge is 1.00 e. The Morgan fingerprint density at radius 3 is 0.929 bits per heavy atom. The predicted molar refractivity (Wildman–Crippen MR) is 25.0 cm³/mol. The minimum absolute atomic E-state index is 0. The molecule has 0 fully saturated rings. The monoisotopic (exact) mass is 186 g/mol. The van der Waals surface area contributed by atoms with Gasteiger partial charge >= 0.3 is 37.7 Å². The Morgan fingerprint density at radius 1 is 0.571 bits per heavy atom. The Labute approximate surface area is 101 Å². The fraction of sp³-hybridized carbons (Fsp3) is 0. The Bertz CT molecular complexity index is 266. The topological polar surface area (TPSA) is 131 Å². The van der Waals surface area contributed by atoms with Crippen LogP contribution in [-0.2, 0) is 24.0 Å². The van der Waals surface area contributed by atoms with Gasteiger partial charge in [0.2, 0.25) is 0 Å². The van der Waals surface area contributed by atoms with Crippen molar-refractivity contribution >= 4 is 29.3 Å². The van der Waals surface area contributed by atoms with Gasteiger partial charge in [-0.3, -0.25) is 14.4 Å². The van der Waals surface area contributed by atoms with Crippen molar-refractivity contribution in [3.8, 4) is 0 Å². The quantitative estimate of drug-likeness (QED) is 0.242. The average Bonchev–Trinajstić information content (AvgIpc) is 2.00. The predicted octanol–water partition coefficient (Wildman–Crippen LogP) is -10.8. The molecule has 0 spiro atoms. The molecule has 9 heteroatoms. The van der Waals surface area contributed by atoms with Crippen LogP contribution in [0.2, 0.25) is 0 Å². The summed E-state index contributed by atoms with van der Waals surface area (Å²) in [5, 5.41) is 19.2. The summed E-state index contributed by atoms with van der Waals surface area (Å²) < 4.78 is 0. The maximum absolute atomic E-state index is 10.2. The van der Waals surface area contributed by atoms with Gasteiger partial charge in [0.15, 0.2) is 0 Å². The van der Waals surface area contributed by atoms with Crippen LogP contribution in [0.3, 0.4) is 0 Å². The molecule has 0 amide bonds. The van der Waals surface area contributed by atoms with Crippen LogP contribution in [0.4, 0.5) is 0 Å². The normalized spacial score (nSPS) is 7.43. The molecule has 0 heterocycles. The third kappa shape index (κ3) is 5.00. The van der Waals surface area contributed by atoms with Crippen LogP contribution < -0.4 is 47.9 Å². The van der Waals surface area contributed by atoms with Gasteiger partial charge in [-0.25, -0.2) is 0 Å². The molecular weight excluding hydrogens is 186 g/mol. The Hall–Kier alpha value is -0.855. The summed E-state index contributed by atoms with van der Waals surface area (Å²) in [4.78, 5) is 49.6. The minimum atomic E-state index is -2.44. The summed E-state index contributed by atoms with van der Waals surface area (Å²) in [6, 6.07) is 0. The van der Waals surface area contributed by atoms with E-state index in [0.717, 1.165) is 0 Å². The Morgan fingerprint density at radius 2 is 0.786 bits per heavy atom. The molecule has 0 aromatic carbocycles. The molecule has 0 aliphatic carbocycles. The Kier molecular flexibility index (Phi) is 10.1. The third-order valence-corrected chi connectivity index (χ3v) is 0.783. The van der Waals surface area contributed by atoms with E-state index in [0.29, 0.717) is 0 Å². The van der Waals surface area contributed by atoms with E-state index in [1.54, 1.807) is 0 Å². The number of carboxylic acid groups (broad SMARTS) is 2. The van der Waals surface area contributed by atoms with Gasteiger partial charge in [-0.1, -0.05) is 0 Å². The van der Waals surface area contributed by atoms with Crippen molar-refractivity contribution in [1.82, 2.24) is 0 Å². The van der Waals surface area contributed by atoms with Crippen LogP contribution >= 0.6 is 0 Å². The maximum Gasteiger partial charge on any atom is 1.00 e. The zero-order valence-corrected chi connectivity index (χ0v) is 7.36. The maximum atomic E-state index is 10.2. The van der Waals surface area contributed by atoms with Crippen LogP contribution in [0.1, 0.15) is 0 Å². The zero-order valence-electron chi connectivity index (χ0n) is 7.36. The van der Waals surface area contributed by atoms with Crippen molar-refractivity contribution < 1.29 is 71.9 Å². The van der Waals surface area contributed by atoms with Crippen molar-refractivity contribution in [3.05, 3.63) is 0 Å². The number of carbonyl (C=O) groups excluding carboxylic acids is 5. The van der Waals surface area contributed by atoms with E-state index in [2.05, 4.69) is 0 Å². The number of rotatable bonds is 4. The molecule has 0 radical (unpaired) electrons. The van der Waals surface area contributed by atoms with Gasteiger partial charge in [0.1, 0.15) is 11.9 Å². The molecule has 0 N–H and O–H groups in total. The fourth-order valence-corrected chi connectivity index (χ4v) is 0.289. The van der Waals surface area contributed by atoms with Crippen molar-refractivity contribution in [2.45, 2.75) is 0 Å². The molecule has 0 aliphatic heterocycles. The molecule has 0 aromatic heterocycles. The van der Waals surface area contributed by atoms with E-state index >= 15 is 0 Å². The van der Waals surface area contributed by atoms with Crippen LogP contribution in [0.25, 0.3) is 0 Å². The van der Waals surface area contributed by atoms with Gasteiger partial charge in [-0.05, 0) is 0 Å². The molecule has 0 bridgehead atoms. The standard InChI is InChI=1S/C5H2O7.2Li/c6-1(2(7)4(9)10)3(8)5(11)12;;/h(H,9,10)(H,11,12);;/q;2*+1/p-2. The number of hydrogen-bond donors (Lipinski definition) is 0. The summed E-state index contributed by atoms with van der Waals surface area (Å²) in [5.41, 5.74) is 0. The molecule has 14 heavy (non-hydrogen) atoms. The number of Topliss-reactive ketones (excluding diaryl/α,β-unsaturated/α-hetero) is 3. The smallest absolute Gasteiger partial charge is 0.541 e. The van der Waals surface area contributed by atoms with Gasteiger partial charge in [0, 0.05) is 0 Å². The molecule has 0 aliphatic rings. The minimum Gasteiger partial charge on any atom is -0.541 e. The van der Waals surface area contributed by atoms with Crippen LogP contribution in [0.5, 0.6) is 0 Å². The van der Waals surface area contributed by atoms with Gasteiger partial charge in [0.25, 0.3) is 17.3 Å². The van der Waals surface area contributed by atoms with E-state index in [4.69, 9.17) is 0 Å². The van der Waals surface area contributed by atoms with E-state index in [1.807, 2.05) is 0 Å². The molecule has 0 saturated carbocycles. The van der Waals surface area contributed by atoms with Crippen LogP contribution in [-0.4, -0.2) is 29.3 Å². The molecule has 0 unspecified atom stereocenters. The molecule has 0 aromatic rings. The van der Waals surface area contributed by atoms with Gasteiger partial charge in [-0.2, -0.15) is 0 Å². The number of carboxylic acids is 2. The molecule has 0 rings (SSSR count). The first-order valence-corrected chi connectivity index (χ1v) is 2.43. The van der Waals surface area contributed by atoms with Crippen molar-refractivity contribution in [1.29, 1.82) is 0 Å². The average molecular weight is 186 g/mol.